The first-order valence-electron chi connectivity index (χ1n) is 8.89. The van der Waals surface area contributed by atoms with Crippen LogP contribution in [0.2, 0.25) is 0 Å². The molecular weight excluding hydrogens is 339 g/mol. The molecule has 0 saturated carbocycles. The Morgan fingerprint density at radius 3 is 2.28 bits per heavy atom. The van der Waals surface area contributed by atoms with Gasteiger partial charge >= 0.3 is 6.18 Å². The van der Waals surface area contributed by atoms with E-state index in [1.165, 1.54) is 13.8 Å². The van der Waals surface area contributed by atoms with Crippen LogP contribution in [0.1, 0.15) is 59.8 Å². The fourth-order valence-electron chi connectivity index (χ4n) is 2.61. The number of rotatable bonds is 12. The Labute approximate surface area is 148 Å². The topological polar surface area (TPSA) is 24.4 Å². The predicted octanol–water partition coefficient (Wildman–Crippen LogP) is 5.99. The molecule has 2 nitrogen and oxygen atoms in total. The second-order valence-corrected chi connectivity index (χ2v) is 6.46. The lowest BCUT2D eigenvalue weighted by molar-refractivity contribution is -0.0857. The summed E-state index contributed by atoms with van der Waals surface area (Å²) in [7, 11) is 0. The first kappa shape index (κ1) is 24.0. The van der Waals surface area contributed by atoms with Crippen LogP contribution in [-0.4, -0.2) is 31.5 Å². The summed E-state index contributed by atoms with van der Waals surface area (Å²) >= 11 is 0. The number of unbranched alkanes of at least 4 members (excludes halogenated alkanes) is 1. The van der Waals surface area contributed by atoms with Gasteiger partial charge in [-0.05, 0) is 31.7 Å². The van der Waals surface area contributed by atoms with Crippen LogP contribution in [0.4, 0.5) is 22.0 Å². The molecule has 0 spiro atoms. The second kappa shape index (κ2) is 11.6. The minimum Gasteiger partial charge on any atom is -0.298 e. The summed E-state index contributed by atoms with van der Waals surface area (Å²) in [6.45, 7) is 7.13. The number of aliphatic imine (C=N–C) groups is 1. The highest BCUT2D eigenvalue weighted by molar-refractivity contribution is 5.80. The summed E-state index contributed by atoms with van der Waals surface area (Å²) < 4.78 is 64.9. The van der Waals surface area contributed by atoms with Crippen LogP contribution in [0, 0.1) is 11.8 Å². The van der Waals surface area contributed by atoms with Crippen molar-refractivity contribution >= 4 is 6.21 Å². The molecule has 0 aromatic rings. The maximum Gasteiger partial charge on any atom is 0.417 e. The summed E-state index contributed by atoms with van der Waals surface area (Å²) in [6, 6.07) is 0. The van der Waals surface area contributed by atoms with Crippen molar-refractivity contribution in [2.24, 2.45) is 16.8 Å². The van der Waals surface area contributed by atoms with Crippen LogP contribution < -0.4 is 5.32 Å². The van der Waals surface area contributed by atoms with Gasteiger partial charge in [-0.15, -0.1) is 0 Å². The summed E-state index contributed by atoms with van der Waals surface area (Å²) in [4.78, 5) is 3.74. The maximum atomic E-state index is 13.6. The molecule has 0 rings (SSSR count). The normalized spacial score (nSPS) is 16.4. The molecule has 25 heavy (non-hydrogen) atoms. The van der Waals surface area contributed by atoms with E-state index in [1.54, 1.807) is 0 Å². The molecule has 0 aromatic heterocycles. The molecule has 0 radical (unpaired) electrons. The summed E-state index contributed by atoms with van der Waals surface area (Å²) in [5.41, 5.74) is -0.798. The van der Waals surface area contributed by atoms with Crippen molar-refractivity contribution in [2.45, 2.75) is 71.9 Å². The molecule has 0 bridgehead atoms. The van der Waals surface area contributed by atoms with Crippen LogP contribution in [0.3, 0.4) is 0 Å². The monoisotopic (exact) mass is 370 g/mol. The molecule has 7 heteroatoms. The first-order chi connectivity index (χ1) is 11.6. The molecule has 0 fully saturated rings. The third-order valence-corrected chi connectivity index (χ3v) is 4.35. The smallest absolute Gasteiger partial charge is 0.298 e. The quantitative estimate of drug-likeness (QED) is 0.255. The lowest BCUT2D eigenvalue weighted by Gasteiger charge is -2.27. The second-order valence-electron chi connectivity index (χ2n) is 6.46. The van der Waals surface area contributed by atoms with E-state index in [-0.39, 0.29) is 31.3 Å². The zero-order valence-corrected chi connectivity index (χ0v) is 15.6. The highest BCUT2D eigenvalue weighted by atomic mass is 19.4. The number of alkyl halides is 5. The van der Waals surface area contributed by atoms with Gasteiger partial charge in [-0.2, -0.15) is 13.2 Å². The Bertz CT molecular complexity index is 416. The predicted molar refractivity (Wildman–Crippen MR) is 93.2 cm³/mol. The van der Waals surface area contributed by atoms with Crippen molar-refractivity contribution < 1.29 is 22.0 Å². The molecule has 0 aromatic carbocycles. The summed E-state index contributed by atoms with van der Waals surface area (Å²) in [5, 5.41) is 2.97. The molecule has 0 heterocycles. The summed E-state index contributed by atoms with van der Waals surface area (Å²) in [5.74, 6) is -2.79. The molecule has 148 valence electrons. The minimum absolute atomic E-state index is 0.0347. The van der Waals surface area contributed by atoms with Gasteiger partial charge in [0.05, 0.1) is 12.2 Å². The fourth-order valence-corrected chi connectivity index (χ4v) is 2.61. The zero-order valence-electron chi connectivity index (χ0n) is 15.6. The van der Waals surface area contributed by atoms with E-state index in [2.05, 4.69) is 10.3 Å². The van der Waals surface area contributed by atoms with Crippen molar-refractivity contribution in [2.75, 3.05) is 13.2 Å². The van der Waals surface area contributed by atoms with Gasteiger partial charge in [0.15, 0.2) is 0 Å². The average Bonchev–Trinajstić information content (AvgIpc) is 2.51. The fraction of sp³-hybridized carbons (Fsp3) is 0.833. The molecule has 0 saturated heterocycles. The van der Waals surface area contributed by atoms with Gasteiger partial charge in [0, 0.05) is 19.1 Å². The van der Waals surface area contributed by atoms with Gasteiger partial charge in [0.2, 0.25) is 5.92 Å². The highest BCUT2D eigenvalue weighted by Crippen LogP contribution is 2.32. The van der Waals surface area contributed by atoms with Gasteiger partial charge < -0.3 is 0 Å². The molecule has 0 amide bonds. The first-order valence-corrected chi connectivity index (χ1v) is 8.89. The Balaban J connectivity index is 4.54. The third kappa shape index (κ3) is 10.6. The number of hydrogen-bond acceptors (Lipinski definition) is 2. The van der Waals surface area contributed by atoms with Gasteiger partial charge in [0.1, 0.15) is 0 Å². The van der Waals surface area contributed by atoms with Gasteiger partial charge in [-0.25, -0.2) is 8.78 Å². The van der Waals surface area contributed by atoms with E-state index < -0.39 is 17.7 Å². The number of nitrogens with zero attached hydrogens (tertiary/aromatic N) is 1. The Kier molecular flexibility index (Phi) is 11.1. The minimum atomic E-state index is -4.41. The number of allylic oxidation sites excluding steroid dienone is 2. The van der Waals surface area contributed by atoms with Crippen LogP contribution >= 0.6 is 0 Å². The molecule has 2 atom stereocenters. The lowest BCUT2D eigenvalue weighted by Crippen LogP contribution is -2.31. The Morgan fingerprint density at radius 1 is 1.16 bits per heavy atom. The molecule has 0 aliphatic carbocycles. The van der Waals surface area contributed by atoms with Crippen molar-refractivity contribution in [3.8, 4) is 0 Å². The van der Waals surface area contributed by atoms with Crippen LogP contribution in [0.5, 0.6) is 0 Å². The van der Waals surface area contributed by atoms with Gasteiger partial charge in [-0.3, -0.25) is 10.3 Å². The largest absolute Gasteiger partial charge is 0.417 e. The van der Waals surface area contributed by atoms with Crippen molar-refractivity contribution in [3.63, 3.8) is 0 Å². The maximum absolute atomic E-state index is 13.6. The third-order valence-electron chi connectivity index (χ3n) is 4.35. The van der Waals surface area contributed by atoms with Crippen LogP contribution in [0.25, 0.3) is 0 Å². The molecular formula is C18H31F5N2. The van der Waals surface area contributed by atoms with E-state index in [4.69, 9.17) is 0 Å². The van der Waals surface area contributed by atoms with E-state index in [0.717, 1.165) is 31.6 Å². The summed E-state index contributed by atoms with van der Waals surface area (Å²) in [6.07, 6.45) is -0.279. The van der Waals surface area contributed by atoms with Gasteiger partial charge in [0.25, 0.3) is 0 Å². The van der Waals surface area contributed by atoms with E-state index >= 15 is 0 Å². The van der Waals surface area contributed by atoms with Crippen LogP contribution in [0.15, 0.2) is 16.6 Å². The molecule has 1 N–H and O–H groups in total. The SMILES string of the molecule is C/C=C(\C=N/CNCC(CCCC)C(C)CC(F)(F)CC)C(F)(F)F. The van der Waals surface area contributed by atoms with E-state index in [0.29, 0.717) is 6.54 Å². The van der Waals surface area contributed by atoms with E-state index in [1.807, 2.05) is 13.8 Å². The molecule has 0 aliphatic heterocycles. The van der Waals surface area contributed by atoms with Crippen molar-refractivity contribution in [1.29, 1.82) is 0 Å². The Morgan fingerprint density at radius 2 is 1.80 bits per heavy atom. The Hall–Kier alpha value is -0.980. The highest BCUT2D eigenvalue weighted by Gasteiger charge is 2.32. The number of nitrogens with one attached hydrogen (secondary N) is 1. The average molecular weight is 370 g/mol. The number of hydrogen-bond donors (Lipinski definition) is 1. The molecule has 0 aliphatic rings. The van der Waals surface area contributed by atoms with Crippen molar-refractivity contribution in [1.82, 2.24) is 5.32 Å². The van der Waals surface area contributed by atoms with Gasteiger partial charge in [-0.1, -0.05) is 39.7 Å². The molecule has 2 unspecified atom stereocenters. The van der Waals surface area contributed by atoms with Crippen molar-refractivity contribution in [3.05, 3.63) is 11.6 Å². The number of halogens is 5. The lowest BCUT2D eigenvalue weighted by atomic mass is 9.84. The zero-order chi connectivity index (χ0) is 19.5. The van der Waals surface area contributed by atoms with E-state index in [9.17, 15) is 22.0 Å². The standard InChI is InChI=1S/C18H31F5N2/c1-5-8-9-15(14(4)10-17(19,20)7-3)11-24-13-25-12-16(6-2)18(21,22)23/h6,12,14-15,24H,5,7-11,13H2,1-4H3/b16-6+,25-12-. The van der Waals surface area contributed by atoms with Crippen LogP contribution in [-0.2, 0) is 0 Å².